The SMILES string of the molecule is CCOc1cccc(N2C(=O)C(O)=C(C(=O)c3cccs3)C2c2cccnc2)c1. The second-order valence-electron chi connectivity index (χ2n) is 6.36. The zero-order valence-electron chi connectivity index (χ0n) is 15.6. The van der Waals surface area contributed by atoms with Gasteiger partial charge < -0.3 is 9.84 Å². The zero-order chi connectivity index (χ0) is 20.4. The third-order valence-electron chi connectivity index (χ3n) is 4.60. The number of carbonyl (C=O) groups is 2. The summed E-state index contributed by atoms with van der Waals surface area (Å²) in [6.45, 7) is 2.35. The van der Waals surface area contributed by atoms with Crippen LogP contribution in [0.3, 0.4) is 0 Å². The first-order valence-electron chi connectivity index (χ1n) is 9.09. The van der Waals surface area contributed by atoms with Gasteiger partial charge in [0.15, 0.2) is 5.76 Å². The van der Waals surface area contributed by atoms with Crippen LogP contribution in [0, 0.1) is 0 Å². The Morgan fingerprint density at radius 1 is 1.24 bits per heavy atom. The molecule has 29 heavy (non-hydrogen) atoms. The number of rotatable bonds is 6. The first-order valence-corrected chi connectivity index (χ1v) is 9.97. The van der Waals surface area contributed by atoms with Gasteiger partial charge in [0, 0.05) is 24.1 Å². The van der Waals surface area contributed by atoms with Gasteiger partial charge in [-0.15, -0.1) is 11.3 Å². The van der Waals surface area contributed by atoms with Crippen LogP contribution in [0.15, 0.2) is 77.6 Å². The van der Waals surface area contributed by atoms with Crippen molar-refractivity contribution in [2.75, 3.05) is 11.5 Å². The molecule has 3 heterocycles. The average molecular weight is 406 g/mol. The second-order valence-corrected chi connectivity index (χ2v) is 7.31. The molecule has 4 rings (SSSR count). The highest BCUT2D eigenvalue weighted by Gasteiger charge is 2.45. The van der Waals surface area contributed by atoms with Gasteiger partial charge in [-0.3, -0.25) is 19.5 Å². The van der Waals surface area contributed by atoms with Crippen LogP contribution in [0.2, 0.25) is 0 Å². The molecule has 1 unspecified atom stereocenters. The third-order valence-corrected chi connectivity index (χ3v) is 5.47. The number of ketones is 1. The van der Waals surface area contributed by atoms with Crippen molar-refractivity contribution in [2.24, 2.45) is 0 Å². The molecule has 1 amide bonds. The van der Waals surface area contributed by atoms with E-state index in [-0.39, 0.29) is 11.4 Å². The van der Waals surface area contributed by atoms with E-state index in [2.05, 4.69) is 4.98 Å². The Morgan fingerprint density at radius 2 is 2.10 bits per heavy atom. The number of hydrogen-bond donors (Lipinski definition) is 1. The highest BCUT2D eigenvalue weighted by atomic mass is 32.1. The molecule has 1 aliphatic rings. The minimum atomic E-state index is -0.789. The predicted octanol–water partition coefficient (Wildman–Crippen LogP) is 4.32. The lowest BCUT2D eigenvalue weighted by molar-refractivity contribution is -0.117. The topological polar surface area (TPSA) is 79.7 Å². The van der Waals surface area contributed by atoms with Crippen LogP contribution < -0.4 is 9.64 Å². The lowest BCUT2D eigenvalue weighted by Crippen LogP contribution is -2.31. The Kier molecular flexibility index (Phi) is 5.14. The number of aromatic nitrogens is 1. The molecule has 0 saturated heterocycles. The van der Waals surface area contributed by atoms with E-state index in [0.29, 0.717) is 28.5 Å². The molecule has 0 spiro atoms. The van der Waals surface area contributed by atoms with Gasteiger partial charge in [0.1, 0.15) is 5.75 Å². The standard InChI is InChI=1S/C22H18N2O4S/c1-2-28-16-8-3-7-15(12-16)24-19(14-6-4-10-23-13-14)18(21(26)22(24)27)20(25)17-9-5-11-29-17/h3-13,19,26H,2H2,1H3. The van der Waals surface area contributed by atoms with Crippen molar-refractivity contribution in [3.63, 3.8) is 0 Å². The number of hydrogen-bond acceptors (Lipinski definition) is 6. The molecular weight excluding hydrogens is 388 g/mol. The van der Waals surface area contributed by atoms with E-state index >= 15 is 0 Å². The van der Waals surface area contributed by atoms with Gasteiger partial charge in [-0.1, -0.05) is 18.2 Å². The van der Waals surface area contributed by atoms with Gasteiger partial charge in [0.2, 0.25) is 5.78 Å². The van der Waals surface area contributed by atoms with Crippen LogP contribution in [0.25, 0.3) is 0 Å². The maximum absolute atomic E-state index is 13.2. The molecule has 2 aromatic heterocycles. The molecule has 0 aliphatic carbocycles. The van der Waals surface area contributed by atoms with Crippen LogP contribution >= 0.6 is 11.3 Å². The summed E-state index contributed by atoms with van der Waals surface area (Å²) in [5, 5.41) is 12.5. The maximum Gasteiger partial charge on any atom is 0.294 e. The zero-order valence-corrected chi connectivity index (χ0v) is 16.4. The molecule has 1 aliphatic heterocycles. The van der Waals surface area contributed by atoms with Crippen molar-refractivity contribution in [1.82, 2.24) is 4.98 Å². The number of Topliss-reactive ketones (excluding diaryl/α,β-unsaturated/α-hetero) is 1. The minimum absolute atomic E-state index is 0.0484. The lowest BCUT2D eigenvalue weighted by atomic mass is 9.96. The molecular formula is C22H18N2O4S. The molecule has 3 aromatic rings. The quantitative estimate of drug-likeness (QED) is 0.617. The van der Waals surface area contributed by atoms with Gasteiger partial charge >= 0.3 is 0 Å². The smallest absolute Gasteiger partial charge is 0.294 e. The summed E-state index contributed by atoms with van der Waals surface area (Å²) >= 11 is 1.26. The lowest BCUT2D eigenvalue weighted by Gasteiger charge is -2.27. The Bertz CT molecular complexity index is 1080. The summed E-state index contributed by atoms with van der Waals surface area (Å²) in [5.74, 6) is -0.949. The minimum Gasteiger partial charge on any atom is -0.503 e. The number of nitrogens with zero attached hydrogens (tertiary/aromatic N) is 2. The number of aliphatic hydroxyl groups is 1. The molecule has 0 bridgehead atoms. The number of thiophene rings is 1. The Morgan fingerprint density at radius 3 is 2.79 bits per heavy atom. The molecule has 1 aromatic carbocycles. The van der Waals surface area contributed by atoms with E-state index < -0.39 is 17.7 Å². The van der Waals surface area contributed by atoms with Crippen LogP contribution in [-0.2, 0) is 4.79 Å². The number of pyridine rings is 1. The fourth-order valence-electron chi connectivity index (χ4n) is 3.39. The summed E-state index contributed by atoms with van der Waals surface area (Å²) in [4.78, 5) is 32.2. The largest absolute Gasteiger partial charge is 0.503 e. The summed E-state index contributed by atoms with van der Waals surface area (Å²) in [7, 11) is 0. The highest BCUT2D eigenvalue weighted by Crippen LogP contribution is 2.42. The molecule has 7 heteroatoms. The van der Waals surface area contributed by atoms with Gasteiger partial charge in [-0.2, -0.15) is 0 Å². The van der Waals surface area contributed by atoms with E-state index in [9.17, 15) is 14.7 Å². The van der Waals surface area contributed by atoms with Crippen molar-refractivity contribution in [3.05, 3.63) is 88.1 Å². The van der Waals surface area contributed by atoms with Gasteiger partial charge in [-0.05, 0) is 42.1 Å². The van der Waals surface area contributed by atoms with Crippen molar-refractivity contribution in [1.29, 1.82) is 0 Å². The highest BCUT2D eigenvalue weighted by molar-refractivity contribution is 7.12. The molecule has 6 nitrogen and oxygen atoms in total. The molecule has 0 saturated carbocycles. The monoisotopic (exact) mass is 406 g/mol. The number of ether oxygens (including phenoxy) is 1. The molecule has 0 fully saturated rings. The van der Waals surface area contributed by atoms with E-state index in [1.807, 2.05) is 6.92 Å². The average Bonchev–Trinajstić information content (AvgIpc) is 3.36. The number of carbonyl (C=O) groups excluding carboxylic acids is 2. The third kappa shape index (κ3) is 3.40. The first kappa shape index (κ1) is 18.9. The number of aliphatic hydroxyl groups excluding tert-OH is 1. The van der Waals surface area contributed by atoms with Crippen molar-refractivity contribution in [2.45, 2.75) is 13.0 Å². The van der Waals surface area contributed by atoms with Gasteiger partial charge in [0.05, 0.1) is 23.1 Å². The van der Waals surface area contributed by atoms with E-state index in [0.717, 1.165) is 0 Å². The predicted molar refractivity (Wildman–Crippen MR) is 110 cm³/mol. The summed E-state index contributed by atoms with van der Waals surface area (Å²) in [6.07, 6.45) is 3.21. The summed E-state index contributed by atoms with van der Waals surface area (Å²) < 4.78 is 5.55. The van der Waals surface area contributed by atoms with Crippen molar-refractivity contribution >= 4 is 28.7 Å². The van der Waals surface area contributed by atoms with Gasteiger partial charge in [-0.25, -0.2) is 0 Å². The maximum atomic E-state index is 13.2. The summed E-state index contributed by atoms with van der Waals surface area (Å²) in [6, 6.07) is 13.2. The number of anilines is 1. The Labute approximate surface area is 171 Å². The molecule has 1 N–H and O–H groups in total. The van der Waals surface area contributed by atoms with E-state index in [4.69, 9.17) is 4.74 Å². The van der Waals surface area contributed by atoms with Crippen LogP contribution in [0.5, 0.6) is 5.75 Å². The Hall–Kier alpha value is -3.45. The molecule has 1 atom stereocenters. The van der Waals surface area contributed by atoms with Crippen LogP contribution in [0.1, 0.15) is 28.2 Å². The van der Waals surface area contributed by atoms with Crippen LogP contribution in [0.4, 0.5) is 5.69 Å². The molecule has 0 radical (unpaired) electrons. The van der Waals surface area contributed by atoms with Crippen LogP contribution in [-0.4, -0.2) is 28.4 Å². The fourth-order valence-corrected chi connectivity index (χ4v) is 4.06. The summed E-state index contributed by atoms with van der Waals surface area (Å²) in [5.41, 5.74) is 1.20. The fraction of sp³-hybridized carbons (Fsp3) is 0.136. The normalized spacial score (nSPS) is 16.4. The molecule has 146 valence electrons. The number of benzene rings is 1. The second kappa shape index (κ2) is 7.89. The first-order chi connectivity index (χ1) is 14.1. The van der Waals surface area contributed by atoms with Crippen molar-refractivity contribution < 1.29 is 19.4 Å². The van der Waals surface area contributed by atoms with Gasteiger partial charge in [0.25, 0.3) is 5.91 Å². The van der Waals surface area contributed by atoms with Crippen molar-refractivity contribution in [3.8, 4) is 5.75 Å². The van der Waals surface area contributed by atoms with E-state index in [1.54, 1.807) is 66.3 Å². The Balaban J connectivity index is 1.85. The number of amides is 1. The van der Waals surface area contributed by atoms with E-state index in [1.165, 1.54) is 16.2 Å².